The molecule has 0 atom stereocenters. The first kappa shape index (κ1) is 9.15. The molecule has 13 heavy (non-hydrogen) atoms. The second-order valence-corrected chi connectivity index (χ2v) is 2.37. The average Bonchev–Trinajstić information content (AvgIpc) is 2.10. The van der Waals surface area contributed by atoms with Crippen molar-refractivity contribution in [2.75, 3.05) is 0 Å². The first-order chi connectivity index (χ1) is 6.19. The van der Waals surface area contributed by atoms with E-state index < -0.39 is 11.6 Å². The van der Waals surface area contributed by atoms with Crippen LogP contribution < -0.4 is 0 Å². The smallest absolute Gasteiger partial charge is 0.143 e. The zero-order valence-electron chi connectivity index (χ0n) is 6.51. The highest BCUT2D eigenvalue weighted by Crippen LogP contribution is 2.14. The molecule has 0 aliphatic heterocycles. The fourth-order valence-corrected chi connectivity index (χ4v) is 0.900. The lowest BCUT2D eigenvalue weighted by Crippen LogP contribution is -1.93. The topological polar surface area (TPSA) is 47.6 Å². The Labute approximate surface area is 73.6 Å². The summed E-state index contributed by atoms with van der Waals surface area (Å²) in [6.45, 7) is 0. The molecule has 0 saturated heterocycles. The number of nitrogens with zero attached hydrogens (tertiary/aromatic N) is 2. The van der Waals surface area contributed by atoms with Gasteiger partial charge in [0.25, 0.3) is 0 Å². The van der Waals surface area contributed by atoms with Crippen LogP contribution in [0, 0.1) is 34.3 Å². The van der Waals surface area contributed by atoms with Crippen molar-refractivity contribution >= 4 is 0 Å². The molecule has 0 heterocycles. The van der Waals surface area contributed by atoms with Crippen LogP contribution in [0.3, 0.4) is 0 Å². The molecule has 64 valence electrons. The summed E-state index contributed by atoms with van der Waals surface area (Å²) >= 11 is 0. The zero-order chi connectivity index (χ0) is 9.84. The summed E-state index contributed by atoms with van der Waals surface area (Å²) in [5.41, 5.74) is -0.202. The summed E-state index contributed by atoms with van der Waals surface area (Å²) in [5.74, 6) is -1.69. The molecule has 1 aromatic carbocycles. The van der Waals surface area contributed by atoms with Crippen molar-refractivity contribution in [2.24, 2.45) is 0 Å². The monoisotopic (exact) mass is 178 g/mol. The standard InChI is InChI=1S/C9H4F2N2/c10-8-4-9(11)7(5-13)3-6(8)1-2-12/h3-4H,1H2. The summed E-state index contributed by atoms with van der Waals surface area (Å²) in [5, 5.41) is 16.7. The molecule has 0 saturated carbocycles. The summed E-state index contributed by atoms with van der Waals surface area (Å²) < 4.78 is 25.6. The Hall–Kier alpha value is -1.94. The second-order valence-electron chi connectivity index (χ2n) is 2.37. The van der Waals surface area contributed by atoms with Gasteiger partial charge in [-0.05, 0) is 6.07 Å². The van der Waals surface area contributed by atoms with E-state index >= 15 is 0 Å². The van der Waals surface area contributed by atoms with E-state index in [0.717, 1.165) is 6.07 Å². The minimum atomic E-state index is -0.901. The van der Waals surface area contributed by atoms with Crippen LogP contribution in [0.4, 0.5) is 8.78 Å². The number of hydrogen-bond donors (Lipinski definition) is 0. The Morgan fingerprint density at radius 2 is 1.85 bits per heavy atom. The van der Waals surface area contributed by atoms with E-state index in [1.165, 1.54) is 0 Å². The minimum Gasteiger partial charge on any atom is -0.207 e. The molecule has 0 bridgehead atoms. The molecule has 2 nitrogen and oxygen atoms in total. The maximum Gasteiger partial charge on any atom is 0.143 e. The quantitative estimate of drug-likeness (QED) is 0.659. The Morgan fingerprint density at radius 3 is 2.38 bits per heavy atom. The molecule has 1 aromatic rings. The van der Waals surface area contributed by atoms with Crippen molar-refractivity contribution in [1.82, 2.24) is 0 Å². The third kappa shape index (κ3) is 1.80. The molecule has 4 heteroatoms. The summed E-state index contributed by atoms with van der Waals surface area (Å²) in [6, 6.07) is 4.96. The zero-order valence-corrected chi connectivity index (χ0v) is 6.51. The van der Waals surface area contributed by atoms with Crippen molar-refractivity contribution < 1.29 is 8.78 Å². The van der Waals surface area contributed by atoms with E-state index in [-0.39, 0.29) is 17.5 Å². The molecule has 0 aliphatic rings. The molecule has 0 fully saturated rings. The molecule has 0 unspecified atom stereocenters. The van der Waals surface area contributed by atoms with Gasteiger partial charge in [-0.15, -0.1) is 0 Å². The molecule has 0 aromatic heterocycles. The Kier molecular flexibility index (Phi) is 2.56. The van der Waals surface area contributed by atoms with Crippen LogP contribution in [-0.4, -0.2) is 0 Å². The third-order valence-corrected chi connectivity index (χ3v) is 1.53. The van der Waals surface area contributed by atoms with Gasteiger partial charge >= 0.3 is 0 Å². The van der Waals surface area contributed by atoms with Gasteiger partial charge in [0.2, 0.25) is 0 Å². The Bertz CT molecular complexity index is 413. The highest BCUT2D eigenvalue weighted by molar-refractivity contribution is 5.36. The Balaban J connectivity index is 3.26. The lowest BCUT2D eigenvalue weighted by molar-refractivity contribution is 0.573. The molecule has 0 amide bonds. The Morgan fingerprint density at radius 1 is 1.15 bits per heavy atom. The molecular weight excluding hydrogens is 174 g/mol. The van der Waals surface area contributed by atoms with Gasteiger partial charge in [-0.3, -0.25) is 0 Å². The molecular formula is C9H4F2N2. The highest BCUT2D eigenvalue weighted by atomic mass is 19.1. The van der Waals surface area contributed by atoms with Crippen molar-refractivity contribution in [3.63, 3.8) is 0 Å². The van der Waals surface area contributed by atoms with Crippen LogP contribution in [0.5, 0.6) is 0 Å². The van der Waals surface area contributed by atoms with Gasteiger partial charge < -0.3 is 0 Å². The van der Waals surface area contributed by atoms with Crippen LogP contribution in [0.15, 0.2) is 12.1 Å². The van der Waals surface area contributed by atoms with Crippen LogP contribution >= 0.6 is 0 Å². The maximum atomic E-state index is 12.9. The number of rotatable bonds is 1. The lowest BCUT2D eigenvalue weighted by atomic mass is 10.1. The normalized spacial score (nSPS) is 8.92. The number of halogens is 2. The van der Waals surface area contributed by atoms with E-state index in [9.17, 15) is 8.78 Å². The van der Waals surface area contributed by atoms with Gasteiger partial charge in [0.15, 0.2) is 0 Å². The first-order valence-electron chi connectivity index (χ1n) is 3.44. The van der Waals surface area contributed by atoms with E-state index in [0.29, 0.717) is 6.07 Å². The molecule has 0 aliphatic carbocycles. The van der Waals surface area contributed by atoms with Crippen molar-refractivity contribution in [2.45, 2.75) is 6.42 Å². The summed E-state index contributed by atoms with van der Waals surface area (Å²) in [6.07, 6.45) is -0.166. The van der Waals surface area contributed by atoms with Crippen molar-refractivity contribution in [3.8, 4) is 12.1 Å². The van der Waals surface area contributed by atoms with Crippen molar-refractivity contribution in [1.29, 1.82) is 10.5 Å². The molecule has 0 radical (unpaired) electrons. The largest absolute Gasteiger partial charge is 0.207 e. The van der Waals surface area contributed by atoms with E-state index in [1.807, 2.05) is 0 Å². The van der Waals surface area contributed by atoms with Crippen LogP contribution in [0.1, 0.15) is 11.1 Å². The van der Waals surface area contributed by atoms with E-state index in [4.69, 9.17) is 10.5 Å². The number of hydrogen-bond acceptors (Lipinski definition) is 2. The SMILES string of the molecule is N#CCc1cc(C#N)c(F)cc1F. The average molecular weight is 178 g/mol. The van der Waals surface area contributed by atoms with Crippen LogP contribution in [0.25, 0.3) is 0 Å². The molecule has 0 N–H and O–H groups in total. The first-order valence-corrected chi connectivity index (χ1v) is 3.44. The predicted molar refractivity (Wildman–Crippen MR) is 40.4 cm³/mol. The van der Waals surface area contributed by atoms with E-state index in [2.05, 4.69) is 0 Å². The summed E-state index contributed by atoms with van der Waals surface area (Å²) in [7, 11) is 0. The lowest BCUT2D eigenvalue weighted by Gasteiger charge is -1.99. The minimum absolute atomic E-state index is 0.0421. The fraction of sp³-hybridized carbons (Fsp3) is 0.111. The fourth-order valence-electron chi connectivity index (χ4n) is 0.900. The van der Waals surface area contributed by atoms with Gasteiger partial charge in [0.05, 0.1) is 18.1 Å². The molecule has 1 rings (SSSR count). The van der Waals surface area contributed by atoms with Crippen LogP contribution in [-0.2, 0) is 6.42 Å². The summed E-state index contributed by atoms with van der Waals surface area (Å²) in [4.78, 5) is 0. The second kappa shape index (κ2) is 3.64. The van der Waals surface area contributed by atoms with Gasteiger partial charge in [0, 0.05) is 11.6 Å². The third-order valence-electron chi connectivity index (χ3n) is 1.53. The van der Waals surface area contributed by atoms with Gasteiger partial charge in [-0.2, -0.15) is 10.5 Å². The number of benzene rings is 1. The van der Waals surface area contributed by atoms with Gasteiger partial charge in [-0.1, -0.05) is 0 Å². The van der Waals surface area contributed by atoms with Gasteiger partial charge in [0.1, 0.15) is 17.7 Å². The van der Waals surface area contributed by atoms with Gasteiger partial charge in [-0.25, -0.2) is 8.78 Å². The maximum absolute atomic E-state index is 12.9. The van der Waals surface area contributed by atoms with Crippen molar-refractivity contribution in [3.05, 3.63) is 34.9 Å². The number of nitriles is 2. The predicted octanol–water partition coefficient (Wildman–Crippen LogP) is 1.90. The van der Waals surface area contributed by atoms with Crippen LogP contribution in [0.2, 0.25) is 0 Å². The highest BCUT2D eigenvalue weighted by Gasteiger charge is 2.08. The van der Waals surface area contributed by atoms with E-state index in [1.54, 1.807) is 12.1 Å². The molecule has 0 spiro atoms.